The van der Waals surface area contributed by atoms with E-state index in [4.69, 9.17) is 8.92 Å². The molecule has 1 rings (SSSR count). The molecular weight excluding hydrogens is 395 g/mol. The highest BCUT2D eigenvalue weighted by Gasteiger charge is 2.11. The summed E-state index contributed by atoms with van der Waals surface area (Å²) in [5.41, 5.74) is 1.52. The Balaban J connectivity index is 2.57. The molecule has 112 valence electrons. The normalized spacial score (nSPS) is 12.9. The largest absolute Gasteiger partial charge is 0.462 e. The molecule has 0 radical (unpaired) electrons. The molecule has 1 atom stereocenters. The SMILES string of the molecule is CCOC(=O)c1ccc(C(I)CCOS(C)(=O)=O)cc1. The number of halogens is 1. The Labute approximate surface area is 132 Å². The maximum atomic E-state index is 11.5. The molecule has 5 nitrogen and oxygen atoms in total. The van der Waals surface area contributed by atoms with Crippen LogP contribution in [0.15, 0.2) is 24.3 Å². The van der Waals surface area contributed by atoms with Gasteiger partial charge < -0.3 is 4.74 Å². The molecule has 0 aliphatic carbocycles. The van der Waals surface area contributed by atoms with E-state index < -0.39 is 10.1 Å². The molecule has 0 aliphatic rings. The van der Waals surface area contributed by atoms with Gasteiger partial charge in [0.15, 0.2) is 0 Å². The van der Waals surface area contributed by atoms with Crippen LogP contribution in [0.2, 0.25) is 0 Å². The van der Waals surface area contributed by atoms with Gasteiger partial charge in [-0.25, -0.2) is 4.79 Å². The Morgan fingerprint density at radius 3 is 2.40 bits per heavy atom. The minimum Gasteiger partial charge on any atom is -0.462 e. The van der Waals surface area contributed by atoms with Crippen LogP contribution < -0.4 is 0 Å². The van der Waals surface area contributed by atoms with E-state index in [9.17, 15) is 13.2 Å². The third-order valence-electron chi connectivity index (χ3n) is 2.45. The summed E-state index contributed by atoms with van der Waals surface area (Å²) in [6.45, 7) is 2.25. The number of hydrogen-bond donors (Lipinski definition) is 0. The van der Waals surface area contributed by atoms with Crippen LogP contribution in [0.25, 0.3) is 0 Å². The summed E-state index contributed by atoms with van der Waals surface area (Å²) in [6, 6.07) is 7.08. The second-order valence-electron chi connectivity index (χ2n) is 4.12. The van der Waals surface area contributed by atoms with E-state index in [1.165, 1.54) is 0 Å². The summed E-state index contributed by atoms with van der Waals surface area (Å²) in [4.78, 5) is 11.5. The van der Waals surface area contributed by atoms with Crippen LogP contribution in [0.4, 0.5) is 0 Å². The monoisotopic (exact) mass is 412 g/mol. The van der Waals surface area contributed by atoms with E-state index in [0.29, 0.717) is 18.6 Å². The van der Waals surface area contributed by atoms with E-state index in [2.05, 4.69) is 22.6 Å². The molecule has 1 aromatic rings. The topological polar surface area (TPSA) is 69.7 Å². The van der Waals surface area contributed by atoms with Crippen LogP contribution in [-0.2, 0) is 19.0 Å². The lowest BCUT2D eigenvalue weighted by Gasteiger charge is -2.10. The standard InChI is InChI=1S/C13H17IO5S/c1-3-18-13(15)11-6-4-10(5-7-11)12(14)8-9-19-20(2,16)17/h4-7,12H,3,8-9H2,1-2H3. The summed E-state index contributed by atoms with van der Waals surface area (Å²) in [6.07, 6.45) is 1.61. The summed E-state index contributed by atoms with van der Waals surface area (Å²) in [7, 11) is -3.39. The third-order valence-corrected chi connectivity index (χ3v) is 4.39. The smallest absolute Gasteiger partial charge is 0.338 e. The molecule has 0 spiro atoms. The Morgan fingerprint density at radius 2 is 1.90 bits per heavy atom. The molecule has 1 unspecified atom stereocenters. The fourth-order valence-electron chi connectivity index (χ4n) is 1.51. The lowest BCUT2D eigenvalue weighted by atomic mass is 10.1. The van der Waals surface area contributed by atoms with Crippen molar-refractivity contribution in [2.45, 2.75) is 17.3 Å². The predicted molar refractivity (Wildman–Crippen MR) is 84.6 cm³/mol. The summed E-state index contributed by atoms with van der Waals surface area (Å²) in [5.74, 6) is -0.343. The maximum absolute atomic E-state index is 11.5. The van der Waals surface area contributed by atoms with Gasteiger partial charge in [-0.3, -0.25) is 4.18 Å². The Hall–Kier alpha value is -0.670. The Bertz CT molecular complexity index is 538. The fraction of sp³-hybridized carbons (Fsp3) is 0.462. The van der Waals surface area contributed by atoms with E-state index in [-0.39, 0.29) is 16.5 Å². The molecule has 0 amide bonds. The van der Waals surface area contributed by atoms with Gasteiger partial charge in [0, 0.05) is 3.92 Å². The molecule has 20 heavy (non-hydrogen) atoms. The summed E-state index contributed by atoms with van der Waals surface area (Å²) >= 11 is 2.21. The number of rotatable bonds is 7. The average molecular weight is 412 g/mol. The summed E-state index contributed by atoms with van der Waals surface area (Å²) < 4.78 is 31.4. The van der Waals surface area contributed by atoms with Crippen molar-refractivity contribution in [1.82, 2.24) is 0 Å². The number of ether oxygens (including phenoxy) is 1. The van der Waals surface area contributed by atoms with E-state index in [0.717, 1.165) is 11.8 Å². The van der Waals surface area contributed by atoms with Crippen LogP contribution in [0.3, 0.4) is 0 Å². The van der Waals surface area contributed by atoms with Crippen LogP contribution in [0, 0.1) is 0 Å². The minimum absolute atomic E-state index is 0.116. The number of carbonyl (C=O) groups excluding carboxylic acids is 1. The van der Waals surface area contributed by atoms with Crippen LogP contribution >= 0.6 is 22.6 Å². The summed E-state index contributed by atoms with van der Waals surface area (Å²) in [5, 5.41) is 0. The van der Waals surface area contributed by atoms with Crippen LogP contribution in [-0.4, -0.2) is 33.9 Å². The predicted octanol–water partition coefficient (Wildman–Crippen LogP) is 2.71. The molecule has 1 aromatic carbocycles. The number of hydrogen-bond acceptors (Lipinski definition) is 5. The van der Waals surface area contributed by atoms with Crippen molar-refractivity contribution in [2.24, 2.45) is 0 Å². The number of esters is 1. The third kappa shape index (κ3) is 6.19. The first-order valence-corrected chi connectivity index (χ1v) is 9.15. The molecule has 0 aromatic heterocycles. The van der Waals surface area contributed by atoms with Gasteiger partial charge in [-0.1, -0.05) is 34.7 Å². The Morgan fingerprint density at radius 1 is 1.30 bits per heavy atom. The zero-order chi connectivity index (χ0) is 15.2. The quantitative estimate of drug-likeness (QED) is 0.298. The second kappa shape index (κ2) is 7.94. The molecular formula is C13H17IO5S. The van der Waals surface area contributed by atoms with Gasteiger partial charge >= 0.3 is 5.97 Å². The first-order chi connectivity index (χ1) is 9.33. The van der Waals surface area contributed by atoms with Gasteiger partial charge in [-0.15, -0.1) is 0 Å². The second-order valence-corrected chi connectivity index (χ2v) is 7.27. The van der Waals surface area contributed by atoms with Gasteiger partial charge in [0.1, 0.15) is 0 Å². The molecule has 0 N–H and O–H groups in total. The van der Waals surface area contributed by atoms with Gasteiger partial charge in [0.2, 0.25) is 0 Å². The van der Waals surface area contributed by atoms with Crippen molar-refractivity contribution in [1.29, 1.82) is 0 Å². The van der Waals surface area contributed by atoms with E-state index in [1.807, 2.05) is 12.1 Å². The number of benzene rings is 1. The van der Waals surface area contributed by atoms with Crippen molar-refractivity contribution >= 4 is 38.7 Å². The first-order valence-electron chi connectivity index (χ1n) is 6.09. The van der Waals surface area contributed by atoms with Crippen molar-refractivity contribution in [3.63, 3.8) is 0 Å². The maximum Gasteiger partial charge on any atom is 0.338 e. The van der Waals surface area contributed by atoms with Gasteiger partial charge in [0.05, 0.1) is 25.0 Å². The Kier molecular flexibility index (Phi) is 6.90. The zero-order valence-corrected chi connectivity index (χ0v) is 14.3. The van der Waals surface area contributed by atoms with Crippen LogP contribution in [0.1, 0.15) is 33.2 Å². The zero-order valence-electron chi connectivity index (χ0n) is 11.3. The lowest BCUT2D eigenvalue weighted by Crippen LogP contribution is -2.06. The highest BCUT2D eigenvalue weighted by atomic mass is 127. The minimum atomic E-state index is -3.39. The van der Waals surface area contributed by atoms with Crippen molar-refractivity contribution < 1.29 is 22.1 Å². The van der Waals surface area contributed by atoms with Crippen molar-refractivity contribution in [3.8, 4) is 0 Å². The average Bonchev–Trinajstić information content (AvgIpc) is 2.37. The van der Waals surface area contributed by atoms with Crippen LogP contribution in [0.5, 0.6) is 0 Å². The molecule has 0 saturated heterocycles. The van der Waals surface area contributed by atoms with Gasteiger partial charge in [0.25, 0.3) is 10.1 Å². The molecule has 0 fully saturated rings. The van der Waals surface area contributed by atoms with E-state index >= 15 is 0 Å². The highest BCUT2D eigenvalue weighted by Crippen LogP contribution is 2.27. The molecule has 0 aliphatic heterocycles. The molecule has 0 saturated carbocycles. The molecule has 7 heteroatoms. The number of carbonyl (C=O) groups is 1. The van der Waals surface area contributed by atoms with Crippen molar-refractivity contribution in [3.05, 3.63) is 35.4 Å². The van der Waals surface area contributed by atoms with Crippen molar-refractivity contribution in [2.75, 3.05) is 19.5 Å². The van der Waals surface area contributed by atoms with Gasteiger partial charge in [-0.2, -0.15) is 8.42 Å². The molecule has 0 bridgehead atoms. The van der Waals surface area contributed by atoms with Gasteiger partial charge in [-0.05, 0) is 31.0 Å². The van der Waals surface area contributed by atoms with E-state index in [1.54, 1.807) is 19.1 Å². The number of alkyl halides is 1. The first kappa shape index (κ1) is 17.4. The molecule has 0 heterocycles. The highest BCUT2D eigenvalue weighted by molar-refractivity contribution is 14.1. The lowest BCUT2D eigenvalue weighted by molar-refractivity contribution is 0.0526. The fourth-order valence-corrected chi connectivity index (χ4v) is 2.58.